The van der Waals surface area contributed by atoms with E-state index in [9.17, 15) is 9.18 Å². The van der Waals surface area contributed by atoms with Crippen LogP contribution in [0.25, 0.3) is 0 Å². The Balaban J connectivity index is 2.08. The summed E-state index contributed by atoms with van der Waals surface area (Å²) >= 11 is 0. The maximum Gasteiger partial charge on any atom is 0.247 e. The Kier molecular flexibility index (Phi) is 3.33. The first-order valence-electron chi connectivity index (χ1n) is 5.24. The molecule has 0 radical (unpaired) electrons. The number of hydrogen-bond donors (Lipinski definition) is 2. The molecule has 0 bridgehead atoms. The highest BCUT2D eigenvalue weighted by Crippen LogP contribution is 2.11. The molecule has 0 aliphatic rings. The van der Waals surface area contributed by atoms with Crippen molar-refractivity contribution in [3.05, 3.63) is 42.1 Å². The molecule has 94 valence electrons. The molecular weight excluding hydrogens is 237 g/mol. The second kappa shape index (κ2) is 4.92. The van der Waals surface area contributed by atoms with E-state index in [1.807, 2.05) is 0 Å². The van der Waals surface area contributed by atoms with Crippen LogP contribution in [-0.2, 0) is 11.8 Å². The lowest BCUT2D eigenvalue weighted by Gasteiger charge is -2.09. The maximum atomic E-state index is 12.8. The molecule has 0 saturated carbocycles. The molecule has 2 aromatic heterocycles. The first kappa shape index (κ1) is 12.2. The average molecular weight is 249 g/mol. The van der Waals surface area contributed by atoms with Gasteiger partial charge in [0.2, 0.25) is 11.9 Å². The number of aromatic nitrogens is 3. The molecule has 18 heavy (non-hydrogen) atoms. The number of rotatable bonds is 3. The predicted octanol–water partition coefficient (Wildman–Crippen LogP) is 0.593. The Bertz CT molecular complexity index is 568. The molecule has 1 amide bonds. The molecule has 7 heteroatoms. The van der Waals surface area contributed by atoms with Crippen LogP contribution in [0.15, 0.2) is 30.6 Å². The predicted molar refractivity (Wildman–Crippen MR) is 63.0 cm³/mol. The number of hydrogen-bond acceptors (Lipinski definition) is 4. The number of nitrogens with zero attached hydrogens (tertiary/aromatic N) is 3. The Morgan fingerprint density at radius 1 is 1.56 bits per heavy atom. The van der Waals surface area contributed by atoms with Crippen molar-refractivity contribution in [1.29, 1.82) is 0 Å². The van der Waals surface area contributed by atoms with Crippen LogP contribution >= 0.6 is 0 Å². The molecule has 1 atom stereocenters. The van der Waals surface area contributed by atoms with Crippen molar-refractivity contribution < 1.29 is 9.18 Å². The lowest BCUT2D eigenvalue weighted by Crippen LogP contribution is -2.27. The van der Waals surface area contributed by atoms with Gasteiger partial charge in [0, 0.05) is 18.8 Å². The Morgan fingerprint density at radius 2 is 2.33 bits per heavy atom. The van der Waals surface area contributed by atoms with E-state index in [0.29, 0.717) is 5.56 Å². The molecule has 0 spiro atoms. The number of carbonyl (C=O) groups is 1. The molecule has 0 aromatic carbocycles. The quantitative estimate of drug-likeness (QED) is 0.780. The van der Waals surface area contributed by atoms with Crippen molar-refractivity contribution in [2.45, 2.75) is 6.04 Å². The number of carbonyl (C=O) groups excluding carboxylic acids is 1. The number of nitrogens with two attached hydrogens (primary N) is 1. The highest BCUT2D eigenvalue weighted by atomic mass is 19.1. The number of pyridine rings is 1. The summed E-state index contributed by atoms with van der Waals surface area (Å²) in [5, 5.41) is 6.36. The zero-order chi connectivity index (χ0) is 13.1. The topological polar surface area (TPSA) is 85.8 Å². The first-order valence-corrected chi connectivity index (χ1v) is 5.24. The number of halogens is 1. The molecule has 2 heterocycles. The van der Waals surface area contributed by atoms with Crippen molar-refractivity contribution in [3.8, 4) is 0 Å². The number of aryl methyl sites for hydroxylation is 1. The summed E-state index contributed by atoms with van der Waals surface area (Å²) in [4.78, 5) is 15.3. The molecule has 6 nitrogen and oxygen atoms in total. The summed E-state index contributed by atoms with van der Waals surface area (Å²) in [5.74, 6) is -1.01. The van der Waals surface area contributed by atoms with Crippen molar-refractivity contribution in [1.82, 2.24) is 14.8 Å². The minimum Gasteiger partial charge on any atom is -0.316 e. The van der Waals surface area contributed by atoms with Crippen molar-refractivity contribution in [2.24, 2.45) is 12.8 Å². The van der Waals surface area contributed by atoms with E-state index in [1.165, 1.54) is 24.4 Å². The fourth-order valence-electron chi connectivity index (χ4n) is 1.43. The van der Waals surface area contributed by atoms with Crippen LogP contribution in [0.2, 0.25) is 0 Å². The van der Waals surface area contributed by atoms with E-state index in [-0.39, 0.29) is 5.82 Å². The molecule has 0 aliphatic carbocycles. The van der Waals surface area contributed by atoms with Gasteiger partial charge >= 0.3 is 0 Å². The van der Waals surface area contributed by atoms with Crippen molar-refractivity contribution in [2.75, 3.05) is 5.32 Å². The standard InChI is InChI=1S/C11H12FN5O/c1-17-6-7(5-14-17)10(13)11(18)16-9-4-2-3-8(12)15-9/h2-6,10H,13H2,1H3,(H,15,16,18). The summed E-state index contributed by atoms with van der Waals surface area (Å²) in [7, 11) is 1.72. The average Bonchev–Trinajstić information content (AvgIpc) is 2.75. The molecule has 1 unspecified atom stereocenters. The molecule has 3 N–H and O–H groups in total. The normalized spacial score (nSPS) is 12.2. The molecule has 0 fully saturated rings. The van der Waals surface area contributed by atoms with Crippen LogP contribution in [0.1, 0.15) is 11.6 Å². The van der Waals surface area contributed by atoms with Gasteiger partial charge in [0.15, 0.2) is 0 Å². The van der Waals surface area contributed by atoms with Crippen LogP contribution in [0.4, 0.5) is 10.2 Å². The molecule has 0 saturated heterocycles. The zero-order valence-electron chi connectivity index (χ0n) is 9.67. The Labute approximate surface area is 103 Å². The van der Waals surface area contributed by atoms with Crippen LogP contribution in [0, 0.1) is 5.95 Å². The van der Waals surface area contributed by atoms with Crippen molar-refractivity contribution >= 4 is 11.7 Å². The van der Waals surface area contributed by atoms with Crippen LogP contribution in [-0.4, -0.2) is 20.7 Å². The van der Waals surface area contributed by atoms with Crippen LogP contribution in [0.3, 0.4) is 0 Å². The third-order valence-electron chi connectivity index (χ3n) is 2.33. The third-order valence-corrected chi connectivity index (χ3v) is 2.33. The largest absolute Gasteiger partial charge is 0.316 e. The number of anilines is 1. The van der Waals surface area contributed by atoms with Crippen LogP contribution in [0.5, 0.6) is 0 Å². The molecule has 2 aromatic rings. The monoisotopic (exact) mass is 249 g/mol. The second-order valence-corrected chi connectivity index (χ2v) is 3.76. The van der Waals surface area contributed by atoms with E-state index in [2.05, 4.69) is 15.4 Å². The maximum absolute atomic E-state index is 12.8. The van der Waals surface area contributed by atoms with E-state index < -0.39 is 17.9 Å². The lowest BCUT2D eigenvalue weighted by molar-refractivity contribution is -0.117. The van der Waals surface area contributed by atoms with E-state index in [0.717, 1.165) is 0 Å². The van der Waals surface area contributed by atoms with Crippen LogP contribution < -0.4 is 11.1 Å². The van der Waals surface area contributed by atoms with Gasteiger partial charge in [-0.2, -0.15) is 9.49 Å². The van der Waals surface area contributed by atoms with Gasteiger partial charge in [0.1, 0.15) is 11.9 Å². The third kappa shape index (κ3) is 2.69. The summed E-state index contributed by atoms with van der Waals surface area (Å²) in [5.41, 5.74) is 6.33. The zero-order valence-corrected chi connectivity index (χ0v) is 9.67. The number of amides is 1. The Morgan fingerprint density at radius 3 is 2.94 bits per heavy atom. The molecule has 2 rings (SSSR count). The lowest BCUT2D eigenvalue weighted by atomic mass is 10.1. The van der Waals surface area contributed by atoms with E-state index in [1.54, 1.807) is 17.9 Å². The summed E-state index contributed by atoms with van der Waals surface area (Å²) in [6.45, 7) is 0. The van der Waals surface area contributed by atoms with E-state index in [4.69, 9.17) is 5.73 Å². The van der Waals surface area contributed by atoms with Crippen molar-refractivity contribution in [3.63, 3.8) is 0 Å². The second-order valence-electron chi connectivity index (χ2n) is 3.76. The van der Waals surface area contributed by atoms with Gasteiger partial charge in [0.05, 0.1) is 6.20 Å². The van der Waals surface area contributed by atoms with Gasteiger partial charge in [-0.3, -0.25) is 9.48 Å². The SMILES string of the molecule is Cn1cc(C(N)C(=O)Nc2cccc(F)n2)cn1. The van der Waals surface area contributed by atoms with Gasteiger partial charge in [-0.1, -0.05) is 6.07 Å². The van der Waals surface area contributed by atoms with E-state index >= 15 is 0 Å². The minimum atomic E-state index is -0.872. The van der Waals surface area contributed by atoms with Gasteiger partial charge in [-0.15, -0.1) is 0 Å². The molecule has 0 aliphatic heterocycles. The summed E-state index contributed by atoms with van der Waals surface area (Å²) in [6.07, 6.45) is 3.15. The summed E-state index contributed by atoms with van der Waals surface area (Å²) < 4.78 is 14.4. The highest BCUT2D eigenvalue weighted by Gasteiger charge is 2.17. The summed E-state index contributed by atoms with van der Waals surface area (Å²) in [6, 6.07) is 3.25. The first-order chi connectivity index (χ1) is 8.56. The number of nitrogens with one attached hydrogen (secondary N) is 1. The minimum absolute atomic E-state index is 0.124. The van der Waals surface area contributed by atoms with Gasteiger partial charge in [0.25, 0.3) is 0 Å². The fourth-order valence-corrected chi connectivity index (χ4v) is 1.43. The fraction of sp³-hybridized carbons (Fsp3) is 0.182. The Hall–Kier alpha value is -2.28. The van der Waals surface area contributed by atoms with Gasteiger partial charge < -0.3 is 11.1 Å². The smallest absolute Gasteiger partial charge is 0.247 e. The molecular formula is C11H12FN5O. The highest BCUT2D eigenvalue weighted by molar-refractivity contribution is 5.94. The van der Waals surface area contributed by atoms with Gasteiger partial charge in [-0.25, -0.2) is 4.98 Å². The van der Waals surface area contributed by atoms with Gasteiger partial charge in [-0.05, 0) is 12.1 Å².